The molecule has 0 saturated heterocycles. The molecule has 0 aliphatic heterocycles. The summed E-state index contributed by atoms with van der Waals surface area (Å²) in [5.41, 5.74) is 2.82. The van der Waals surface area contributed by atoms with Crippen LogP contribution in [0, 0.1) is 0 Å². The van der Waals surface area contributed by atoms with Gasteiger partial charge in [0.05, 0.1) is 27.0 Å². The number of fused-ring (bicyclic) bond motifs is 2. The maximum Gasteiger partial charge on any atom is 0.326 e. The fourth-order valence-electron chi connectivity index (χ4n) is 3.60. The molecule has 5 rings (SSSR count). The summed E-state index contributed by atoms with van der Waals surface area (Å²) in [7, 11) is 0. The topological polar surface area (TPSA) is 81.4 Å². The highest BCUT2D eigenvalue weighted by atomic mass is 32.2. The average Bonchev–Trinajstić information content (AvgIpc) is 3.49. The minimum absolute atomic E-state index is 0.0536. The van der Waals surface area contributed by atoms with Gasteiger partial charge in [0.2, 0.25) is 0 Å². The van der Waals surface area contributed by atoms with Crippen molar-refractivity contribution in [3.63, 3.8) is 0 Å². The fourth-order valence-corrected chi connectivity index (χ4v) is 6.56. The third-order valence-corrected chi connectivity index (χ3v) is 8.38. The van der Waals surface area contributed by atoms with Gasteiger partial charge in [0.1, 0.15) is 5.82 Å². The number of benzene rings is 2. The number of thioether (sulfide) groups is 2. The zero-order valence-corrected chi connectivity index (χ0v) is 20.0. The van der Waals surface area contributed by atoms with Crippen LogP contribution in [0.2, 0.25) is 0 Å². The Bertz CT molecular complexity index is 1380. The molecular weight excluding hydrogens is 460 g/mol. The number of aromatic nitrogens is 6. The molecule has 10 heteroatoms. The van der Waals surface area contributed by atoms with E-state index >= 15 is 0 Å². The summed E-state index contributed by atoms with van der Waals surface area (Å²) in [4.78, 5) is 19.8. The molecule has 0 aliphatic rings. The highest BCUT2D eigenvalue weighted by molar-refractivity contribution is 8.00. The van der Waals surface area contributed by atoms with E-state index < -0.39 is 0 Å². The second-order valence-electron chi connectivity index (χ2n) is 7.18. The third kappa shape index (κ3) is 4.35. The van der Waals surface area contributed by atoms with Crippen LogP contribution in [0.15, 0.2) is 62.8 Å². The van der Waals surface area contributed by atoms with E-state index in [9.17, 15) is 4.79 Å². The second-order valence-corrected chi connectivity index (χ2v) is 10.5. The molecule has 7 nitrogen and oxygen atoms in total. The zero-order valence-electron chi connectivity index (χ0n) is 17.5. The van der Waals surface area contributed by atoms with E-state index in [-0.39, 0.29) is 5.69 Å². The molecule has 164 valence electrons. The number of imidazole rings is 1. The molecule has 3 heterocycles. The zero-order chi connectivity index (χ0) is 21.9. The van der Waals surface area contributed by atoms with E-state index in [2.05, 4.69) is 32.7 Å². The van der Waals surface area contributed by atoms with Crippen molar-refractivity contribution in [2.45, 2.75) is 41.7 Å². The Morgan fingerprint density at radius 1 is 1.03 bits per heavy atom. The highest BCUT2D eigenvalue weighted by Gasteiger charge is 2.13. The summed E-state index contributed by atoms with van der Waals surface area (Å²) in [5, 5.41) is 9.77. The normalized spacial score (nSPS) is 11.7. The molecule has 0 saturated carbocycles. The average molecular weight is 483 g/mol. The Balaban J connectivity index is 1.19. The van der Waals surface area contributed by atoms with Crippen LogP contribution in [-0.2, 0) is 18.8 Å². The van der Waals surface area contributed by atoms with Gasteiger partial charge in [0, 0.05) is 18.8 Å². The van der Waals surface area contributed by atoms with Crippen molar-refractivity contribution in [3.05, 3.63) is 64.8 Å². The molecule has 0 bridgehead atoms. The minimum Gasteiger partial charge on any atom is -0.306 e. The Kier molecular flexibility index (Phi) is 6.33. The van der Waals surface area contributed by atoms with Crippen LogP contribution in [0.4, 0.5) is 0 Å². The number of nitrogens with zero attached hydrogens (tertiary/aromatic N) is 5. The number of rotatable bonds is 9. The number of hydrogen-bond donors (Lipinski definition) is 1. The van der Waals surface area contributed by atoms with Gasteiger partial charge in [-0.05, 0) is 37.6 Å². The van der Waals surface area contributed by atoms with Crippen molar-refractivity contribution in [2.24, 2.45) is 0 Å². The number of hydrogen-bond acceptors (Lipinski definition) is 7. The van der Waals surface area contributed by atoms with Crippen LogP contribution in [-0.4, -0.2) is 35.1 Å². The fraction of sp³-hybridized carbons (Fsp3) is 0.273. The van der Waals surface area contributed by atoms with Crippen LogP contribution in [0.1, 0.15) is 19.2 Å². The monoisotopic (exact) mass is 482 g/mol. The number of nitrogens with one attached hydrogen (secondary N) is 1. The molecule has 2 aromatic carbocycles. The molecule has 0 radical (unpaired) electrons. The smallest absolute Gasteiger partial charge is 0.306 e. The third-order valence-electron chi connectivity index (χ3n) is 5.15. The largest absolute Gasteiger partial charge is 0.326 e. The standard InChI is InChI=1S/C22H22N6OS3/c1-2-27-19(14-31-22-24-16-9-4-6-11-18(16)32-22)25-26-21(27)30-13-7-12-28-17-10-5-3-8-15(17)23-20(28)29/h3-6,8-11H,2,7,12-14H2,1H3,(H,23,29). The summed E-state index contributed by atoms with van der Waals surface area (Å²) in [5.74, 6) is 2.58. The van der Waals surface area contributed by atoms with Crippen LogP contribution in [0.5, 0.6) is 0 Å². The maximum absolute atomic E-state index is 12.2. The van der Waals surface area contributed by atoms with Gasteiger partial charge in [0.25, 0.3) is 0 Å². The lowest BCUT2D eigenvalue weighted by Crippen LogP contribution is -2.17. The van der Waals surface area contributed by atoms with Gasteiger partial charge in [-0.2, -0.15) is 0 Å². The number of aromatic amines is 1. The van der Waals surface area contributed by atoms with E-state index in [0.717, 1.165) is 56.3 Å². The summed E-state index contributed by atoms with van der Waals surface area (Å²) in [6, 6.07) is 16.0. The number of para-hydroxylation sites is 3. The first kappa shape index (κ1) is 21.3. The number of H-pyrrole nitrogens is 1. The first-order valence-corrected chi connectivity index (χ1v) is 13.2. The van der Waals surface area contributed by atoms with Crippen LogP contribution in [0.25, 0.3) is 21.3 Å². The van der Waals surface area contributed by atoms with Gasteiger partial charge >= 0.3 is 5.69 Å². The van der Waals surface area contributed by atoms with E-state index in [1.807, 2.05) is 42.5 Å². The van der Waals surface area contributed by atoms with Crippen molar-refractivity contribution in [3.8, 4) is 0 Å². The summed E-state index contributed by atoms with van der Waals surface area (Å²) in [6.07, 6.45) is 0.874. The highest BCUT2D eigenvalue weighted by Crippen LogP contribution is 2.31. The van der Waals surface area contributed by atoms with Crippen molar-refractivity contribution in [1.29, 1.82) is 0 Å². The van der Waals surface area contributed by atoms with Gasteiger partial charge in [-0.3, -0.25) is 4.57 Å². The molecule has 0 fully saturated rings. The van der Waals surface area contributed by atoms with Crippen molar-refractivity contribution < 1.29 is 0 Å². The molecule has 32 heavy (non-hydrogen) atoms. The number of aryl methyl sites for hydroxylation is 1. The van der Waals surface area contributed by atoms with Gasteiger partial charge in [-0.25, -0.2) is 9.78 Å². The lowest BCUT2D eigenvalue weighted by Gasteiger charge is -2.07. The van der Waals surface area contributed by atoms with Crippen molar-refractivity contribution in [1.82, 2.24) is 29.3 Å². The minimum atomic E-state index is -0.0536. The summed E-state index contributed by atoms with van der Waals surface area (Å²) < 4.78 is 6.23. The summed E-state index contributed by atoms with van der Waals surface area (Å²) >= 11 is 5.11. The van der Waals surface area contributed by atoms with Gasteiger partial charge in [-0.15, -0.1) is 21.5 Å². The van der Waals surface area contributed by atoms with E-state index in [0.29, 0.717) is 6.54 Å². The van der Waals surface area contributed by atoms with Crippen molar-refractivity contribution in [2.75, 3.05) is 5.75 Å². The molecule has 0 aliphatic carbocycles. The maximum atomic E-state index is 12.2. The van der Waals surface area contributed by atoms with Crippen LogP contribution in [0.3, 0.4) is 0 Å². The predicted octanol–water partition coefficient (Wildman–Crippen LogP) is 5.03. The molecule has 3 aromatic heterocycles. The first-order chi connectivity index (χ1) is 15.7. The van der Waals surface area contributed by atoms with Gasteiger partial charge < -0.3 is 9.55 Å². The SMILES string of the molecule is CCn1c(CSc2nc3ccccc3s2)nnc1SCCCn1c(=O)[nH]c2ccccc21. The Morgan fingerprint density at radius 2 is 1.88 bits per heavy atom. The van der Waals surface area contributed by atoms with Gasteiger partial charge in [0.15, 0.2) is 9.50 Å². The molecule has 0 amide bonds. The molecule has 0 spiro atoms. The predicted molar refractivity (Wildman–Crippen MR) is 133 cm³/mol. The molecular formula is C22H22N6OS3. The quantitative estimate of drug-likeness (QED) is 0.235. The van der Waals surface area contributed by atoms with Gasteiger partial charge in [-0.1, -0.05) is 47.8 Å². The summed E-state index contributed by atoms with van der Waals surface area (Å²) in [6.45, 7) is 3.62. The first-order valence-electron chi connectivity index (χ1n) is 10.4. The number of thiazole rings is 1. The van der Waals surface area contributed by atoms with E-state index in [4.69, 9.17) is 4.98 Å². The van der Waals surface area contributed by atoms with Crippen LogP contribution >= 0.6 is 34.9 Å². The van der Waals surface area contributed by atoms with Crippen molar-refractivity contribution >= 4 is 56.1 Å². The molecule has 0 unspecified atom stereocenters. The Morgan fingerprint density at radius 3 is 2.75 bits per heavy atom. The van der Waals surface area contributed by atoms with Crippen LogP contribution < -0.4 is 5.69 Å². The molecule has 0 atom stereocenters. The lowest BCUT2D eigenvalue weighted by molar-refractivity contribution is 0.654. The second kappa shape index (κ2) is 9.51. The molecule has 1 N–H and O–H groups in total. The lowest BCUT2D eigenvalue weighted by atomic mass is 10.3. The Labute approximate surface area is 197 Å². The molecule has 5 aromatic rings. The Hall–Kier alpha value is -2.56. The van der Waals surface area contributed by atoms with E-state index in [1.165, 1.54) is 4.70 Å². The van der Waals surface area contributed by atoms with E-state index in [1.54, 1.807) is 39.4 Å².